The Morgan fingerprint density at radius 1 is 0.432 bits per heavy atom. The second-order valence-electron chi connectivity index (χ2n) is 24.7. The lowest BCUT2D eigenvalue weighted by molar-refractivity contribution is -0.870. The van der Waals surface area contributed by atoms with E-state index in [-0.39, 0.29) is 31.5 Å². The molecule has 3 atom stereocenters. The van der Waals surface area contributed by atoms with Crippen LogP contribution in [0.25, 0.3) is 0 Å². The minimum absolute atomic E-state index is 0.0239. The summed E-state index contributed by atoms with van der Waals surface area (Å²) < 4.78 is 30.4. The van der Waals surface area contributed by atoms with Crippen LogP contribution < -0.4 is 10.2 Å². The molecule has 0 heterocycles. The Kier molecular flexibility index (Phi) is 59.1. The molecule has 0 aromatic carbocycles. The van der Waals surface area contributed by atoms with Crippen molar-refractivity contribution in [1.82, 2.24) is 5.32 Å². The van der Waals surface area contributed by atoms with Gasteiger partial charge in [0.05, 0.1) is 33.8 Å². The number of esters is 1. The fourth-order valence-corrected chi connectivity index (χ4v) is 10.8. The highest BCUT2D eigenvalue weighted by molar-refractivity contribution is 7.45. The van der Waals surface area contributed by atoms with E-state index < -0.39 is 20.0 Å². The van der Waals surface area contributed by atoms with Gasteiger partial charge in [-0.3, -0.25) is 14.2 Å². The van der Waals surface area contributed by atoms with Crippen LogP contribution in [0.1, 0.15) is 329 Å². The Morgan fingerprint density at radius 2 is 0.753 bits per heavy atom. The number of rotatable bonds is 63. The minimum Gasteiger partial charge on any atom is -0.756 e. The first kappa shape index (κ1) is 78.7. The number of ether oxygens (including phenoxy) is 1. The predicted molar refractivity (Wildman–Crippen MR) is 349 cm³/mol. The largest absolute Gasteiger partial charge is 0.756 e. The molecular weight excluding hydrogens is 1020 g/mol. The number of phosphoric ester groups is 1. The zero-order valence-electron chi connectivity index (χ0n) is 54.2. The second kappa shape index (κ2) is 60.8. The number of likely N-dealkylation sites (N-methyl/N-ethyl adjacent to an activating group) is 1. The van der Waals surface area contributed by atoms with Crippen LogP contribution in [0.3, 0.4) is 0 Å². The van der Waals surface area contributed by atoms with E-state index in [2.05, 4.69) is 74.7 Å². The van der Waals surface area contributed by atoms with Crippen LogP contribution in [0, 0.1) is 0 Å². The van der Waals surface area contributed by atoms with Crippen molar-refractivity contribution in [3.8, 4) is 0 Å². The first-order chi connectivity index (χ1) is 39.4. The quantitative estimate of drug-likeness (QED) is 0.0212. The highest BCUT2D eigenvalue weighted by Crippen LogP contribution is 2.38. The normalized spacial score (nSPS) is 13.9. The van der Waals surface area contributed by atoms with E-state index in [1.54, 1.807) is 0 Å². The van der Waals surface area contributed by atoms with Gasteiger partial charge in [0.25, 0.3) is 7.82 Å². The number of amides is 1. The van der Waals surface area contributed by atoms with Gasteiger partial charge in [0.15, 0.2) is 0 Å². The second-order valence-corrected chi connectivity index (χ2v) is 26.1. The molecule has 0 radical (unpaired) electrons. The van der Waals surface area contributed by atoms with Crippen molar-refractivity contribution in [2.75, 3.05) is 40.9 Å². The molecule has 0 aliphatic rings. The summed E-state index contributed by atoms with van der Waals surface area (Å²) in [5.41, 5.74) is 0. The highest BCUT2D eigenvalue weighted by atomic mass is 31.2. The van der Waals surface area contributed by atoms with E-state index in [1.165, 1.54) is 212 Å². The van der Waals surface area contributed by atoms with Crippen molar-refractivity contribution in [2.24, 2.45) is 0 Å². The van der Waals surface area contributed by atoms with Crippen LogP contribution in [-0.4, -0.2) is 69.4 Å². The molecule has 0 aromatic heterocycles. The van der Waals surface area contributed by atoms with Gasteiger partial charge in [0.2, 0.25) is 5.91 Å². The number of allylic oxidation sites excluding steroid dienone is 9. The Balaban J connectivity index is 5.17. The maximum atomic E-state index is 13.6. The molecule has 10 heteroatoms. The Morgan fingerprint density at radius 3 is 1.16 bits per heavy atom. The molecule has 81 heavy (non-hydrogen) atoms. The first-order valence-electron chi connectivity index (χ1n) is 34.6. The Labute approximate surface area is 502 Å². The molecule has 0 aromatic rings. The van der Waals surface area contributed by atoms with Gasteiger partial charge in [-0.15, -0.1) is 0 Å². The summed E-state index contributed by atoms with van der Waals surface area (Å²) in [6.45, 7) is 6.85. The Hall–Kier alpha value is -2.29. The maximum absolute atomic E-state index is 13.6. The van der Waals surface area contributed by atoms with Crippen LogP contribution in [0.5, 0.6) is 0 Å². The maximum Gasteiger partial charge on any atom is 0.306 e. The zero-order chi connectivity index (χ0) is 59.3. The number of quaternary nitrogens is 1. The molecule has 0 bridgehead atoms. The average molecular weight is 1160 g/mol. The van der Waals surface area contributed by atoms with E-state index in [0.29, 0.717) is 17.4 Å². The molecule has 0 aliphatic carbocycles. The number of carbonyl (C=O) groups excluding carboxylic acids is 2. The molecule has 0 aliphatic heterocycles. The van der Waals surface area contributed by atoms with E-state index in [9.17, 15) is 19.0 Å². The predicted octanol–water partition coefficient (Wildman–Crippen LogP) is 21.2. The fraction of sp³-hybridized carbons (Fsp3) is 0.831. The van der Waals surface area contributed by atoms with Gasteiger partial charge >= 0.3 is 5.97 Å². The average Bonchev–Trinajstić information content (AvgIpc) is 3.44. The van der Waals surface area contributed by atoms with Crippen molar-refractivity contribution in [1.29, 1.82) is 0 Å². The summed E-state index contributed by atoms with van der Waals surface area (Å²) in [7, 11) is 1.19. The molecule has 3 unspecified atom stereocenters. The van der Waals surface area contributed by atoms with E-state index in [1.807, 2.05) is 33.3 Å². The summed E-state index contributed by atoms with van der Waals surface area (Å²) in [6, 6.07) is -0.893. The molecule has 0 fully saturated rings. The number of hydrogen-bond acceptors (Lipinski definition) is 7. The Bertz CT molecular complexity index is 1570. The number of unbranched alkanes of at least 4 members (excludes halogenated alkanes) is 39. The molecule has 9 nitrogen and oxygen atoms in total. The third-order valence-electron chi connectivity index (χ3n) is 15.4. The number of carbonyl (C=O) groups is 2. The SMILES string of the molecule is CCCCC/C=C\C/C=C\C/C=C\CCCCCCCCCCC(=O)OC(/C=C/CCCCCCCCCCCCC)C(COP(=O)([O-])OCC[N+](C)(C)C)NC(=O)CCCCCCCCCCCCC/C=C/CCCCCCCC. The zero-order valence-corrected chi connectivity index (χ0v) is 55.1. The molecule has 0 spiro atoms. The summed E-state index contributed by atoms with van der Waals surface area (Å²) in [6.07, 6.45) is 77.6. The van der Waals surface area contributed by atoms with Gasteiger partial charge in [-0.2, -0.15) is 0 Å². The number of nitrogens with one attached hydrogen (secondary N) is 1. The van der Waals surface area contributed by atoms with Gasteiger partial charge in [-0.25, -0.2) is 0 Å². The van der Waals surface area contributed by atoms with Gasteiger partial charge in [0, 0.05) is 12.8 Å². The third kappa shape index (κ3) is 62.1. The lowest BCUT2D eigenvalue weighted by Gasteiger charge is -2.30. The summed E-state index contributed by atoms with van der Waals surface area (Å²) in [5, 5.41) is 3.04. The van der Waals surface area contributed by atoms with Gasteiger partial charge in [-0.05, 0) is 96.0 Å². The first-order valence-corrected chi connectivity index (χ1v) is 36.1. The topological polar surface area (TPSA) is 114 Å². The molecule has 474 valence electrons. The minimum atomic E-state index is -4.71. The van der Waals surface area contributed by atoms with Crippen LogP contribution in [-0.2, 0) is 27.9 Å². The van der Waals surface area contributed by atoms with Gasteiger partial charge in [0.1, 0.15) is 19.3 Å². The molecule has 1 N–H and O–H groups in total. The van der Waals surface area contributed by atoms with Gasteiger partial charge in [-0.1, -0.05) is 281 Å². The molecule has 0 rings (SSSR count). The van der Waals surface area contributed by atoms with Crippen molar-refractivity contribution >= 4 is 19.7 Å². The van der Waals surface area contributed by atoms with Crippen molar-refractivity contribution in [3.63, 3.8) is 0 Å². The lowest BCUT2D eigenvalue weighted by Crippen LogP contribution is -2.47. The third-order valence-corrected chi connectivity index (χ3v) is 16.4. The van der Waals surface area contributed by atoms with Crippen LogP contribution in [0.15, 0.2) is 60.8 Å². The lowest BCUT2D eigenvalue weighted by atomic mass is 10.0. The molecular formula is C71H133N2O7P. The fourth-order valence-electron chi connectivity index (χ4n) is 10.1. The monoisotopic (exact) mass is 1160 g/mol. The molecule has 1 amide bonds. The van der Waals surface area contributed by atoms with Crippen molar-refractivity contribution in [2.45, 2.75) is 341 Å². The highest BCUT2D eigenvalue weighted by Gasteiger charge is 2.27. The van der Waals surface area contributed by atoms with E-state index in [4.69, 9.17) is 13.8 Å². The summed E-state index contributed by atoms with van der Waals surface area (Å²) in [4.78, 5) is 40.2. The number of nitrogens with zero attached hydrogens (tertiary/aromatic N) is 1. The van der Waals surface area contributed by atoms with Crippen molar-refractivity contribution in [3.05, 3.63) is 60.8 Å². The molecule has 0 saturated carbocycles. The summed E-state index contributed by atoms with van der Waals surface area (Å²) >= 11 is 0. The van der Waals surface area contributed by atoms with Gasteiger partial charge < -0.3 is 28.5 Å². The van der Waals surface area contributed by atoms with E-state index in [0.717, 1.165) is 83.5 Å². The van der Waals surface area contributed by atoms with Crippen LogP contribution in [0.4, 0.5) is 0 Å². The van der Waals surface area contributed by atoms with Crippen molar-refractivity contribution < 1.29 is 37.3 Å². The van der Waals surface area contributed by atoms with Crippen LogP contribution in [0.2, 0.25) is 0 Å². The molecule has 0 saturated heterocycles. The number of phosphoric acid groups is 1. The number of hydrogen-bond donors (Lipinski definition) is 1. The van der Waals surface area contributed by atoms with E-state index >= 15 is 0 Å². The standard InChI is InChI=1S/C71H133N2O7P/c1-7-10-13-16-19-22-25-28-30-32-34-36-38-40-42-45-48-51-54-57-60-63-70(74)72-68(67-79-81(76,77)78-66-65-73(4,5)6)69(62-59-56-53-50-47-44-27-24-21-18-15-12-9-3)80-71(75)64-61-58-55-52-49-46-43-41-39-37-35-33-31-29-26-23-20-17-14-11-8-2/h20,23,28-31,35,37,59,62,68-69H,7-19,21-22,24-27,32-34,36,38-58,60-61,63-67H2,1-6H3,(H-,72,74,76,77)/b23-20-,30-28+,31-29-,37-35-,62-59+. The summed E-state index contributed by atoms with van der Waals surface area (Å²) in [5.74, 6) is -0.539. The van der Waals surface area contributed by atoms with Crippen LogP contribution >= 0.6 is 7.82 Å². The smallest absolute Gasteiger partial charge is 0.306 e.